The van der Waals surface area contributed by atoms with E-state index in [9.17, 15) is 4.57 Å². The standard InChI is InChI=1S/C5H14NO2P/c1-4(2)5(6)3-9(7)8/h4-5,9H,3,6H2,1-2H3,(H,7,8). The molecular weight excluding hydrogens is 137 g/mol. The van der Waals surface area contributed by atoms with E-state index in [2.05, 4.69) is 0 Å². The van der Waals surface area contributed by atoms with Crippen molar-refractivity contribution in [2.75, 3.05) is 6.16 Å². The van der Waals surface area contributed by atoms with Crippen molar-refractivity contribution >= 4 is 8.03 Å². The lowest BCUT2D eigenvalue weighted by Gasteiger charge is -2.12. The predicted molar refractivity (Wildman–Crippen MR) is 38.9 cm³/mol. The van der Waals surface area contributed by atoms with E-state index in [0.29, 0.717) is 5.92 Å². The Hall–Kier alpha value is 0.150. The van der Waals surface area contributed by atoms with E-state index < -0.39 is 8.03 Å². The molecule has 0 aliphatic rings. The van der Waals surface area contributed by atoms with Crippen LogP contribution in [0.4, 0.5) is 0 Å². The lowest BCUT2D eigenvalue weighted by molar-refractivity contribution is 0.474. The third-order valence-electron chi connectivity index (χ3n) is 1.27. The topological polar surface area (TPSA) is 63.3 Å². The van der Waals surface area contributed by atoms with Crippen molar-refractivity contribution < 1.29 is 9.46 Å². The molecule has 0 amide bonds. The summed E-state index contributed by atoms with van der Waals surface area (Å²) < 4.78 is 10.2. The van der Waals surface area contributed by atoms with Crippen LogP contribution in [0, 0.1) is 5.92 Å². The molecule has 0 spiro atoms. The highest BCUT2D eigenvalue weighted by Crippen LogP contribution is 2.16. The van der Waals surface area contributed by atoms with Crippen LogP contribution in [0.5, 0.6) is 0 Å². The van der Waals surface area contributed by atoms with Crippen LogP contribution in [0.15, 0.2) is 0 Å². The van der Waals surface area contributed by atoms with Gasteiger partial charge >= 0.3 is 0 Å². The molecule has 0 aliphatic carbocycles. The largest absolute Gasteiger partial charge is 0.346 e. The molecule has 9 heavy (non-hydrogen) atoms. The summed E-state index contributed by atoms with van der Waals surface area (Å²) in [5.74, 6) is 0.297. The lowest BCUT2D eigenvalue weighted by Crippen LogP contribution is -2.28. The Morgan fingerprint density at radius 2 is 2.11 bits per heavy atom. The maximum atomic E-state index is 10.2. The molecule has 0 rings (SSSR count). The lowest BCUT2D eigenvalue weighted by atomic mass is 10.1. The molecule has 2 atom stereocenters. The van der Waals surface area contributed by atoms with E-state index in [1.54, 1.807) is 0 Å². The van der Waals surface area contributed by atoms with Gasteiger partial charge in [-0.1, -0.05) is 13.8 Å². The Kier molecular flexibility index (Phi) is 4.11. The number of rotatable bonds is 3. The second kappa shape index (κ2) is 4.04. The molecule has 0 aromatic rings. The molecule has 0 radical (unpaired) electrons. The minimum Gasteiger partial charge on any atom is -0.346 e. The predicted octanol–water partition coefficient (Wildman–Crippen LogP) is 0.437. The average Bonchev–Trinajstić information content (AvgIpc) is 1.63. The second-order valence-corrected chi connectivity index (χ2v) is 3.70. The molecule has 0 heterocycles. The molecule has 0 saturated carbocycles. The molecule has 4 heteroatoms. The van der Waals surface area contributed by atoms with E-state index in [0.717, 1.165) is 0 Å². The maximum Gasteiger partial charge on any atom is 0.190 e. The molecule has 3 N–H and O–H groups in total. The van der Waals surface area contributed by atoms with Gasteiger partial charge in [-0.3, -0.25) is 4.57 Å². The molecule has 2 unspecified atom stereocenters. The summed E-state index contributed by atoms with van der Waals surface area (Å²) in [6.45, 7) is 3.88. The fraction of sp³-hybridized carbons (Fsp3) is 1.00. The van der Waals surface area contributed by atoms with Gasteiger partial charge in [0.25, 0.3) is 0 Å². The Morgan fingerprint density at radius 3 is 2.22 bits per heavy atom. The zero-order valence-corrected chi connectivity index (χ0v) is 6.79. The first-order valence-electron chi connectivity index (χ1n) is 3.01. The molecular formula is C5H14NO2P. The summed E-state index contributed by atoms with van der Waals surface area (Å²) in [4.78, 5) is 8.44. The van der Waals surface area contributed by atoms with E-state index >= 15 is 0 Å². The van der Waals surface area contributed by atoms with E-state index in [1.807, 2.05) is 13.8 Å². The Morgan fingerprint density at radius 1 is 1.67 bits per heavy atom. The molecule has 0 bridgehead atoms. The van der Waals surface area contributed by atoms with Gasteiger partial charge in [-0.05, 0) is 5.92 Å². The van der Waals surface area contributed by atoms with Gasteiger partial charge in [0.15, 0.2) is 8.03 Å². The summed E-state index contributed by atoms with van der Waals surface area (Å²) in [5, 5.41) is 0. The number of hydrogen-bond donors (Lipinski definition) is 2. The first-order valence-corrected chi connectivity index (χ1v) is 4.57. The Labute approximate surface area is 56.1 Å². The van der Waals surface area contributed by atoms with Gasteiger partial charge in [-0.15, -0.1) is 0 Å². The van der Waals surface area contributed by atoms with E-state index in [1.165, 1.54) is 0 Å². The molecule has 0 aliphatic heterocycles. The minimum atomic E-state index is -2.35. The van der Waals surface area contributed by atoms with Crippen LogP contribution in [-0.2, 0) is 4.57 Å². The van der Waals surface area contributed by atoms with Crippen molar-refractivity contribution in [2.45, 2.75) is 19.9 Å². The van der Waals surface area contributed by atoms with Crippen molar-refractivity contribution in [1.82, 2.24) is 0 Å². The quantitative estimate of drug-likeness (QED) is 0.575. The smallest absolute Gasteiger partial charge is 0.190 e. The van der Waals surface area contributed by atoms with Crippen molar-refractivity contribution in [3.63, 3.8) is 0 Å². The van der Waals surface area contributed by atoms with Gasteiger partial charge in [-0.25, -0.2) is 0 Å². The SMILES string of the molecule is CC(C)C(N)C[PH](=O)O. The first kappa shape index (κ1) is 9.15. The highest BCUT2D eigenvalue weighted by Gasteiger charge is 2.08. The number of hydrogen-bond acceptors (Lipinski definition) is 2. The molecule has 56 valence electrons. The maximum absolute atomic E-state index is 10.2. The molecule has 0 aromatic heterocycles. The van der Waals surface area contributed by atoms with Gasteiger partial charge < -0.3 is 10.6 Å². The molecule has 3 nitrogen and oxygen atoms in total. The van der Waals surface area contributed by atoms with Crippen LogP contribution < -0.4 is 5.73 Å². The van der Waals surface area contributed by atoms with Crippen LogP contribution >= 0.6 is 8.03 Å². The van der Waals surface area contributed by atoms with Gasteiger partial charge in [0.05, 0.1) is 0 Å². The van der Waals surface area contributed by atoms with Crippen molar-refractivity contribution in [3.05, 3.63) is 0 Å². The van der Waals surface area contributed by atoms with E-state index in [4.69, 9.17) is 10.6 Å². The van der Waals surface area contributed by atoms with Crippen molar-refractivity contribution in [1.29, 1.82) is 0 Å². The van der Waals surface area contributed by atoms with Crippen molar-refractivity contribution in [2.24, 2.45) is 11.7 Å². The van der Waals surface area contributed by atoms with Gasteiger partial charge in [0.1, 0.15) is 0 Å². The minimum absolute atomic E-state index is 0.124. The summed E-state index contributed by atoms with van der Waals surface area (Å²) in [6, 6.07) is -0.124. The van der Waals surface area contributed by atoms with Crippen LogP contribution in [0.1, 0.15) is 13.8 Å². The second-order valence-electron chi connectivity index (χ2n) is 2.51. The molecule has 0 saturated heterocycles. The Bertz CT molecular complexity index is 105. The normalized spacial score (nSPS) is 17.9. The van der Waals surface area contributed by atoms with E-state index in [-0.39, 0.29) is 12.2 Å². The zero-order chi connectivity index (χ0) is 7.44. The van der Waals surface area contributed by atoms with Gasteiger partial charge in [0.2, 0.25) is 0 Å². The van der Waals surface area contributed by atoms with Crippen molar-refractivity contribution in [3.8, 4) is 0 Å². The summed E-state index contributed by atoms with van der Waals surface area (Å²) in [6.07, 6.45) is 0.252. The highest BCUT2D eigenvalue weighted by atomic mass is 31.1. The van der Waals surface area contributed by atoms with Gasteiger partial charge in [0, 0.05) is 12.2 Å². The van der Waals surface area contributed by atoms with Crippen LogP contribution in [-0.4, -0.2) is 17.1 Å². The summed E-state index contributed by atoms with van der Waals surface area (Å²) in [5.41, 5.74) is 5.48. The monoisotopic (exact) mass is 151 g/mol. The highest BCUT2D eigenvalue weighted by molar-refractivity contribution is 7.38. The summed E-state index contributed by atoms with van der Waals surface area (Å²) in [7, 11) is -2.35. The third kappa shape index (κ3) is 4.64. The van der Waals surface area contributed by atoms with Crippen LogP contribution in [0.2, 0.25) is 0 Å². The van der Waals surface area contributed by atoms with Crippen LogP contribution in [0.3, 0.4) is 0 Å². The average molecular weight is 151 g/mol. The number of nitrogens with two attached hydrogens (primary N) is 1. The molecule has 0 aromatic carbocycles. The third-order valence-corrected chi connectivity index (χ3v) is 2.09. The fourth-order valence-corrected chi connectivity index (χ4v) is 1.31. The van der Waals surface area contributed by atoms with Gasteiger partial charge in [-0.2, -0.15) is 0 Å². The van der Waals surface area contributed by atoms with Crippen LogP contribution in [0.25, 0.3) is 0 Å². The first-order chi connectivity index (χ1) is 4.04. The fourth-order valence-electron chi connectivity index (χ4n) is 0.437. The summed E-state index contributed by atoms with van der Waals surface area (Å²) >= 11 is 0. The zero-order valence-electron chi connectivity index (χ0n) is 5.79. The Balaban J connectivity index is 3.50. The molecule has 0 fully saturated rings.